The summed E-state index contributed by atoms with van der Waals surface area (Å²) >= 11 is 3.20. The van der Waals surface area contributed by atoms with Crippen molar-refractivity contribution in [1.29, 1.82) is 0 Å². The molecule has 0 bridgehead atoms. The Hall–Kier alpha value is -5.20. The van der Waals surface area contributed by atoms with Gasteiger partial charge in [-0.25, -0.2) is 16.8 Å². The fourth-order valence-electron chi connectivity index (χ4n) is 5.22. The summed E-state index contributed by atoms with van der Waals surface area (Å²) in [6.45, 7) is 0. The molecule has 44 heavy (non-hydrogen) atoms. The lowest BCUT2D eigenvalue weighted by Gasteiger charge is -2.11. The molecule has 0 radical (unpaired) electrons. The molecule has 0 saturated carbocycles. The van der Waals surface area contributed by atoms with Gasteiger partial charge in [0.2, 0.25) is 0 Å². The molecule has 1 aromatic heterocycles. The van der Waals surface area contributed by atoms with Gasteiger partial charge in [-0.2, -0.15) is 0 Å². The van der Waals surface area contributed by atoms with Crippen molar-refractivity contribution in [2.45, 2.75) is 4.90 Å². The fourth-order valence-corrected chi connectivity index (χ4v) is 7.42. The molecule has 5 aromatic carbocycles. The molecule has 1 heterocycles. The number of amidine groups is 2. The predicted octanol–water partition coefficient (Wildman–Crippen LogP) is 6.46. The van der Waals surface area contributed by atoms with Gasteiger partial charge in [0, 0.05) is 26.4 Å². The number of oxime groups is 2. The van der Waals surface area contributed by atoms with E-state index in [0.29, 0.717) is 32.9 Å². The Balaban J connectivity index is 1.64. The van der Waals surface area contributed by atoms with E-state index in [2.05, 4.69) is 26.2 Å². The average Bonchev–Trinajstić information content (AvgIpc) is 3.37. The van der Waals surface area contributed by atoms with E-state index in [1.807, 2.05) is 24.3 Å². The van der Waals surface area contributed by atoms with Crippen LogP contribution in [0.25, 0.3) is 44.1 Å². The summed E-state index contributed by atoms with van der Waals surface area (Å²) in [5.41, 5.74) is 16.5. The van der Waals surface area contributed by atoms with Crippen LogP contribution in [0.15, 0.2) is 123 Å². The first-order valence-corrected chi connectivity index (χ1v) is 15.3. The van der Waals surface area contributed by atoms with E-state index >= 15 is 0 Å². The normalized spacial score (nSPS) is 12.7. The van der Waals surface area contributed by atoms with Crippen LogP contribution in [0.5, 0.6) is 0 Å². The molecule has 6 aromatic rings. The van der Waals surface area contributed by atoms with E-state index in [1.165, 1.54) is 16.1 Å². The number of benzene rings is 5. The smallest absolute Gasteiger partial charge is 0.268 e. The monoisotopic (exact) mass is 671 g/mol. The Labute approximate surface area is 259 Å². The zero-order valence-electron chi connectivity index (χ0n) is 22.7. The Morgan fingerprint density at radius 1 is 0.682 bits per heavy atom. The van der Waals surface area contributed by atoms with Crippen LogP contribution in [0, 0.1) is 5.82 Å². The van der Waals surface area contributed by atoms with Gasteiger partial charge < -0.3 is 21.9 Å². The minimum absolute atomic E-state index is 0.0457. The quantitative estimate of drug-likeness (QED) is 0.0689. The Kier molecular flexibility index (Phi) is 7.31. The first-order chi connectivity index (χ1) is 21.1. The van der Waals surface area contributed by atoms with E-state index in [9.17, 15) is 12.8 Å². The Morgan fingerprint density at radius 2 is 1.16 bits per heavy atom. The molecule has 0 unspecified atom stereocenters. The molecule has 0 fully saturated rings. The highest BCUT2D eigenvalue weighted by Crippen LogP contribution is 2.38. The molecular formula is C32H23BrFN5O4S. The van der Waals surface area contributed by atoms with Gasteiger partial charge in [0.05, 0.1) is 15.9 Å². The lowest BCUT2D eigenvalue weighted by molar-refractivity contribution is 0.318. The van der Waals surface area contributed by atoms with Gasteiger partial charge in [-0.1, -0.05) is 74.8 Å². The summed E-state index contributed by atoms with van der Waals surface area (Å²) in [6.07, 6.45) is 0. The van der Waals surface area contributed by atoms with Gasteiger partial charge in [0.15, 0.2) is 11.7 Å². The second-order valence-electron chi connectivity index (χ2n) is 9.97. The maximum atomic E-state index is 14.4. The number of hydrogen-bond acceptors (Lipinski definition) is 6. The van der Waals surface area contributed by atoms with Crippen molar-refractivity contribution in [1.82, 2.24) is 3.97 Å². The Bertz CT molecular complexity index is 2140. The minimum atomic E-state index is -4.26. The lowest BCUT2D eigenvalue weighted by atomic mass is 9.98. The molecule has 0 spiro atoms. The van der Waals surface area contributed by atoms with Crippen molar-refractivity contribution in [3.8, 4) is 22.3 Å². The van der Waals surface area contributed by atoms with Crippen molar-refractivity contribution in [3.05, 3.63) is 125 Å². The molecule has 220 valence electrons. The molecule has 9 nitrogen and oxygen atoms in total. The maximum Gasteiger partial charge on any atom is 0.268 e. The Morgan fingerprint density at radius 3 is 1.61 bits per heavy atom. The third kappa shape index (κ3) is 5.03. The molecular weight excluding hydrogens is 649 g/mol. The summed E-state index contributed by atoms with van der Waals surface area (Å²) in [4.78, 5) is -0.214. The summed E-state index contributed by atoms with van der Waals surface area (Å²) in [5, 5.41) is 25.7. The van der Waals surface area contributed by atoms with Crippen LogP contribution in [0.3, 0.4) is 0 Å². The van der Waals surface area contributed by atoms with Crippen LogP contribution < -0.4 is 11.5 Å². The highest BCUT2D eigenvalue weighted by molar-refractivity contribution is 9.10. The predicted molar refractivity (Wildman–Crippen MR) is 172 cm³/mol. The van der Waals surface area contributed by atoms with E-state index < -0.39 is 15.8 Å². The number of nitrogens with zero attached hydrogens (tertiary/aromatic N) is 3. The van der Waals surface area contributed by atoms with E-state index in [4.69, 9.17) is 21.9 Å². The second kappa shape index (κ2) is 11.1. The van der Waals surface area contributed by atoms with Crippen molar-refractivity contribution < 1.29 is 23.2 Å². The number of rotatable bonds is 6. The zero-order chi connectivity index (χ0) is 31.2. The van der Waals surface area contributed by atoms with Gasteiger partial charge in [-0.15, -0.1) is 0 Å². The highest BCUT2D eigenvalue weighted by Gasteiger charge is 2.25. The molecule has 12 heteroatoms. The van der Waals surface area contributed by atoms with E-state index in [1.54, 1.807) is 60.7 Å². The number of nitrogens with two attached hydrogens (primary N) is 2. The molecule has 6 N–H and O–H groups in total. The van der Waals surface area contributed by atoms with Crippen molar-refractivity contribution >= 4 is 59.4 Å². The van der Waals surface area contributed by atoms with Crippen molar-refractivity contribution in [2.24, 2.45) is 21.8 Å². The van der Waals surface area contributed by atoms with Crippen molar-refractivity contribution in [2.75, 3.05) is 0 Å². The van der Waals surface area contributed by atoms with Gasteiger partial charge in [-0.3, -0.25) is 0 Å². The first kappa shape index (κ1) is 28.9. The van der Waals surface area contributed by atoms with Crippen molar-refractivity contribution in [3.63, 3.8) is 0 Å². The molecule has 0 aliphatic carbocycles. The molecule has 0 aliphatic heterocycles. The highest BCUT2D eigenvalue weighted by atomic mass is 79.9. The van der Waals surface area contributed by atoms with Crippen LogP contribution in [0.2, 0.25) is 0 Å². The first-order valence-electron chi connectivity index (χ1n) is 13.1. The SMILES string of the molecule is N/C(=N\O)c1cccc(-c2ccc3c(c2)c2cc(-c4cccc(/C(N)=N/O)c4)ccc2n3S(=O)(=O)c2cc(F)cc(Br)c2)c1. The van der Waals surface area contributed by atoms with Crippen LogP contribution >= 0.6 is 15.9 Å². The van der Waals surface area contributed by atoms with Gasteiger partial charge in [0.1, 0.15) is 5.82 Å². The summed E-state index contributed by atoms with van der Waals surface area (Å²) in [6, 6.07) is 28.4. The molecule has 0 saturated heterocycles. The van der Waals surface area contributed by atoms with Gasteiger partial charge in [-0.05, 0) is 76.9 Å². The molecule has 0 amide bonds. The second-order valence-corrected chi connectivity index (χ2v) is 12.7. The number of hydrogen-bond donors (Lipinski definition) is 4. The van der Waals surface area contributed by atoms with E-state index in [-0.39, 0.29) is 21.0 Å². The van der Waals surface area contributed by atoms with Gasteiger partial charge >= 0.3 is 0 Å². The molecule has 0 aliphatic rings. The molecule has 0 atom stereocenters. The van der Waals surface area contributed by atoms with Gasteiger partial charge in [0.25, 0.3) is 10.0 Å². The van der Waals surface area contributed by atoms with Crippen LogP contribution in [0.1, 0.15) is 11.1 Å². The van der Waals surface area contributed by atoms with Crippen LogP contribution in [0.4, 0.5) is 4.39 Å². The minimum Gasteiger partial charge on any atom is -0.409 e. The third-order valence-electron chi connectivity index (χ3n) is 7.29. The number of fused-ring (bicyclic) bond motifs is 3. The summed E-state index contributed by atoms with van der Waals surface area (Å²) in [7, 11) is -4.26. The maximum absolute atomic E-state index is 14.4. The van der Waals surface area contributed by atoms with Crippen LogP contribution in [-0.4, -0.2) is 34.5 Å². The third-order valence-corrected chi connectivity index (χ3v) is 9.46. The zero-order valence-corrected chi connectivity index (χ0v) is 25.1. The standard InChI is InChI=1S/C32H23BrFN5O4S/c33-24-15-25(34)17-26(16-24)44(42,43)39-29-9-7-20(18-3-1-5-22(11-18)31(35)37-40)13-27(29)28-14-21(8-10-30(28)39)19-4-2-6-23(12-19)32(36)38-41/h1-17,40-41H,(H2,35,37)(H2,36,38). The average molecular weight is 673 g/mol. The van der Waals surface area contributed by atoms with E-state index in [0.717, 1.165) is 28.3 Å². The fraction of sp³-hybridized carbons (Fsp3) is 0. The number of halogens is 2. The topological polar surface area (TPSA) is 156 Å². The summed E-state index contributed by atoms with van der Waals surface area (Å²) in [5.74, 6) is -0.786. The lowest BCUT2D eigenvalue weighted by Crippen LogP contribution is -2.13. The molecule has 6 rings (SSSR count). The summed E-state index contributed by atoms with van der Waals surface area (Å²) < 4.78 is 44.1. The largest absolute Gasteiger partial charge is 0.409 e. The van der Waals surface area contributed by atoms with Crippen LogP contribution in [-0.2, 0) is 10.0 Å². The number of aromatic nitrogens is 1.